The van der Waals surface area contributed by atoms with Gasteiger partial charge in [0.2, 0.25) is 0 Å². The van der Waals surface area contributed by atoms with Gasteiger partial charge in [-0.1, -0.05) is 25.0 Å². The molecule has 2 fully saturated rings. The second-order valence-corrected chi connectivity index (χ2v) is 7.41. The molecular weight excluding hydrogens is 332 g/mol. The van der Waals surface area contributed by atoms with Gasteiger partial charge in [0.15, 0.2) is 0 Å². The number of anilines is 1. The predicted octanol–water partition coefficient (Wildman–Crippen LogP) is 3.59. The van der Waals surface area contributed by atoms with E-state index in [9.17, 15) is 4.79 Å². The summed E-state index contributed by atoms with van der Waals surface area (Å²) < 4.78 is 5.67. The van der Waals surface area contributed by atoms with Crippen molar-refractivity contribution in [2.45, 2.75) is 60.9 Å². The third-order valence-corrected chi connectivity index (χ3v) is 5.82. The van der Waals surface area contributed by atoms with Crippen LogP contribution < -0.4 is 11.1 Å². The lowest BCUT2D eigenvalue weighted by molar-refractivity contribution is -0.126. The molecule has 3 N–H and O–H groups in total. The number of benzene rings is 1. The van der Waals surface area contributed by atoms with Gasteiger partial charge in [0.25, 0.3) is 5.91 Å². The Kier molecular flexibility index (Phi) is 7.21. The largest absolute Gasteiger partial charge is 0.364 e. The highest BCUT2D eigenvalue weighted by molar-refractivity contribution is 8.00. The maximum atomic E-state index is 12.4. The maximum absolute atomic E-state index is 12.4. The second-order valence-electron chi connectivity index (χ2n) is 6.07. The van der Waals surface area contributed by atoms with Crippen molar-refractivity contribution < 1.29 is 9.53 Å². The summed E-state index contributed by atoms with van der Waals surface area (Å²) in [5.74, 6) is -0.0459. The van der Waals surface area contributed by atoms with Crippen molar-refractivity contribution in [2.75, 3.05) is 11.9 Å². The Hall–Kier alpha value is -0.750. The number of carbonyl (C=O) groups is 1. The van der Waals surface area contributed by atoms with Crippen LogP contribution in [-0.4, -0.2) is 29.9 Å². The number of nitrogens with one attached hydrogen (secondary N) is 1. The van der Waals surface area contributed by atoms with E-state index in [0.29, 0.717) is 11.8 Å². The van der Waals surface area contributed by atoms with Crippen LogP contribution in [0.15, 0.2) is 29.2 Å². The summed E-state index contributed by atoms with van der Waals surface area (Å²) in [6.07, 6.45) is 6.48. The number of thioether (sulfide) groups is 1. The first-order valence-electron chi connectivity index (χ1n) is 8.18. The number of carbonyl (C=O) groups excluding carboxylic acids is 1. The summed E-state index contributed by atoms with van der Waals surface area (Å²) in [6, 6.07) is 8.07. The first-order chi connectivity index (χ1) is 10.8. The van der Waals surface area contributed by atoms with Gasteiger partial charge in [-0.25, -0.2) is 0 Å². The highest BCUT2D eigenvalue weighted by Crippen LogP contribution is 2.38. The summed E-state index contributed by atoms with van der Waals surface area (Å²) in [5, 5.41) is 3.73. The second kappa shape index (κ2) is 8.92. The molecule has 1 aliphatic carbocycles. The van der Waals surface area contributed by atoms with Gasteiger partial charge in [0.1, 0.15) is 6.10 Å². The molecular formula is C17H25ClN2O2S. The van der Waals surface area contributed by atoms with Crippen molar-refractivity contribution in [3.63, 3.8) is 0 Å². The Morgan fingerprint density at radius 1 is 1.22 bits per heavy atom. The molecule has 3 rings (SSSR count). The van der Waals surface area contributed by atoms with E-state index in [1.165, 1.54) is 25.7 Å². The summed E-state index contributed by atoms with van der Waals surface area (Å²) >= 11 is 1.89. The van der Waals surface area contributed by atoms with Crippen molar-refractivity contribution in [3.05, 3.63) is 24.3 Å². The average molecular weight is 357 g/mol. The fourth-order valence-corrected chi connectivity index (χ4v) is 4.47. The van der Waals surface area contributed by atoms with Crippen LogP contribution in [0.2, 0.25) is 0 Å². The van der Waals surface area contributed by atoms with Crippen molar-refractivity contribution in [1.29, 1.82) is 0 Å². The molecule has 1 saturated carbocycles. The molecule has 1 aromatic rings. The minimum Gasteiger partial charge on any atom is -0.364 e. The zero-order chi connectivity index (χ0) is 15.4. The van der Waals surface area contributed by atoms with E-state index >= 15 is 0 Å². The van der Waals surface area contributed by atoms with E-state index in [-0.39, 0.29) is 30.5 Å². The van der Waals surface area contributed by atoms with Gasteiger partial charge < -0.3 is 15.8 Å². The predicted molar refractivity (Wildman–Crippen MR) is 97.4 cm³/mol. The highest BCUT2D eigenvalue weighted by Gasteiger charge is 2.30. The Morgan fingerprint density at radius 2 is 1.96 bits per heavy atom. The summed E-state index contributed by atoms with van der Waals surface area (Å²) in [4.78, 5) is 13.5. The van der Waals surface area contributed by atoms with E-state index in [2.05, 4.69) is 11.4 Å². The molecule has 1 amide bonds. The molecule has 2 aliphatic rings. The minimum atomic E-state index is -0.363. The van der Waals surface area contributed by atoms with Crippen molar-refractivity contribution in [3.8, 4) is 0 Å². The maximum Gasteiger partial charge on any atom is 0.253 e. The first-order valence-corrected chi connectivity index (χ1v) is 9.06. The van der Waals surface area contributed by atoms with Crippen LogP contribution in [0.1, 0.15) is 38.5 Å². The molecule has 23 heavy (non-hydrogen) atoms. The lowest BCUT2D eigenvalue weighted by Crippen LogP contribution is -2.30. The minimum absolute atomic E-state index is 0. The van der Waals surface area contributed by atoms with Crippen LogP contribution in [0.3, 0.4) is 0 Å². The van der Waals surface area contributed by atoms with Crippen LogP contribution in [0, 0.1) is 0 Å². The molecule has 0 bridgehead atoms. The molecule has 0 aromatic heterocycles. The Balaban J connectivity index is 0.00000192. The fourth-order valence-electron chi connectivity index (χ4n) is 3.14. The van der Waals surface area contributed by atoms with Crippen molar-refractivity contribution in [2.24, 2.45) is 5.73 Å². The number of hydrogen-bond acceptors (Lipinski definition) is 4. The van der Waals surface area contributed by atoms with E-state index < -0.39 is 0 Å². The summed E-state index contributed by atoms with van der Waals surface area (Å²) in [7, 11) is 0. The van der Waals surface area contributed by atoms with Crippen LogP contribution in [0.25, 0.3) is 0 Å². The zero-order valence-electron chi connectivity index (χ0n) is 13.2. The van der Waals surface area contributed by atoms with Gasteiger partial charge in [-0.3, -0.25) is 4.79 Å². The molecule has 128 valence electrons. The lowest BCUT2D eigenvalue weighted by atomic mass is 10.2. The van der Waals surface area contributed by atoms with Crippen LogP contribution in [0.4, 0.5) is 5.69 Å². The molecule has 1 saturated heterocycles. The van der Waals surface area contributed by atoms with Crippen molar-refractivity contribution >= 4 is 35.8 Å². The molecule has 0 unspecified atom stereocenters. The SMILES string of the molecule is Cl.NC[C@H]1CC[C@@H](C(=O)Nc2ccccc2SC2CCCC2)O1. The van der Waals surface area contributed by atoms with E-state index in [1.54, 1.807) is 0 Å². The summed E-state index contributed by atoms with van der Waals surface area (Å²) in [5.41, 5.74) is 6.51. The van der Waals surface area contributed by atoms with Crippen molar-refractivity contribution in [1.82, 2.24) is 0 Å². The van der Waals surface area contributed by atoms with E-state index in [4.69, 9.17) is 10.5 Å². The molecule has 1 heterocycles. The Labute approximate surface area is 148 Å². The number of halogens is 1. The van der Waals surface area contributed by atoms with Gasteiger partial charge in [-0.05, 0) is 37.8 Å². The molecule has 1 aromatic carbocycles. The third-order valence-electron chi connectivity index (χ3n) is 4.40. The number of amides is 1. The third kappa shape index (κ3) is 4.86. The molecule has 0 radical (unpaired) electrons. The number of para-hydroxylation sites is 1. The summed E-state index contributed by atoms with van der Waals surface area (Å²) in [6.45, 7) is 0.484. The number of ether oxygens (including phenoxy) is 1. The number of rotatable bonds is 5. The van der Waals surface area contributed by atoms with Crippen LogP contribution in [-0.2, 0) is 9.53 Å². The smallest absolute Gasteiger partial charge is 0.253 e. The van der Waals surface area contributed by atoms with Crippen LogP contribution in [0.5, 0.6) is 0 Å². The van der Waals surface area contributed by atoms with Crippen LogP contribution >= 0.6 is 24.2 Å². The standard InChI is InChI=1S/C17H24N2O2S.ClH/c18-11-12-9-10-15(21-12)17(20)19-14-7-3-4-8-16(14)22-13-5-1-2-6-13;/h3-4,7-8,12-13,15H,1-2,5-6,9-11,18H2,(H,19,20);1H/t12-,15+;/m1./s1. The van der Waals surface area contributed by atoms with Gasteiger partial charge in [0.05, 0.1) is 11.8 Å². The molecule has 0 spiro atoms. The topological polar surface area (TPSA) is 64.4 Å². The van der Waals surface area contributed by atoms with Gasteiger partial charge in [-0.2, -0.15) is 0 Å². The average Bonchev–Trinajstić information content (AvgIpc) is 3.20. The molecule has 1 aliphatic heterocycles. The molecule has 2 atom stereocenters. The van der Waals surface area contributed by atoms with Gasteiger partial charge in [0, 0.05) is 16.7 Å². The Bertz CT molecular complexity index is 523. The van der Waals surface area contributed by atoms with E-state index in [1.807, 2.05) is 30.0 Å². The highest BCUT2D eigenvalue weighted by atomic mass is 35.5. The quantitative estimate of drug-likeness (QED) is 0.846. The monoisotopic (exact) mass is 356 g/mol. The lowest BCUT2D eigenvalue weighted by Gasteiger charge is -2.16. The number of hydrogen-bond donors (Lipinski definition) is 2. The normalized spacial score (nSPS) is 24.4. The number of nitrogens with two attached hydrogens (primary N) is 1. The van der Waals surface area contributed by atoms with Gasteiger partial charge >= 0.3 is 0 Å². The van der Waals surface area contributed by atoms with E-state index in [0.717, 1.165) is 23.4 Å². The zero-order valence-corrected chi connectivity index (χ0v) is 14.8. The Morgan fingerprint density at radius 3 is 2.65 bits per heavy atom. The molecule has 4 nitrogen and oxygen atoms in total. The first kappa shape index (κ1) is 18.6. The molecule has 6 heteroatoms. The van der Waals surface area contributed by atoms with Gasteiger partial charge in [-0.15, -0.1) is 24.2 Å². The fraction of sp³-hybridized carbons (Fsp3) is 0.588.